The predicted octanol–water partition coefficient (Wildman–Crippen LogP) is 11.2. The van der Waals surface area contributed by atoms with Crippen LogP contribution in [-0.2, 0) is 0 Å². The van der Waals surface area contributed by atoms with Crippen molar-refractivity contribution in [2.75, 3.05) is 0 Å². The summed E-state index contributed by atoms with van der Waals surface area (Å²) in [5.41, 5.74) is 6.83. The highest BCUT2D eigenvalue weighted by Gasteiger charge is 2.21. The van der Waals surface area contributed by atoms with Gasteiger partial charge in [0.15, 0.2) is 0 Å². The Morgan fingerprint density at radius 3 is 1.72 bits per heavy atom. The number of benzene rings is 8. The van der Waals surface area contributed by atoms with Crippen LogP contribution < -0.4 is 5.22 Å². The van der Waals surface area contributed by atoms with Gasteiger partial charge in [-0.15, -0.1) is 0 Å². The summed E-state index contributed by atoms with van der Waals surface area (Å²) in [6, 6.07) is 48.1. The van der Waals surface area contributed by atoms with Gasteiger partial charge < -0.3 is 4.42 Å². The minimum Gasteiger partial charge on any atom is -0.455 e. The van der Waals surface area contributed by atoms with Crippen LogP contribution in [0.4, 0.5) is 0 Å². The molecule has 1 heteroatoms. The van der Waals surface area contributed by atoms with Gasteiger partial charge in [0.1, 0.15) is 11.2 Å². The van der Waals surface area contributed by atoms with Gasteiger partial charge in [-0.05, 0) is 65.9 Å². The van der Waals surface area contributed by atoms with Gasteiger partial charge in [0, 0.05) is 21.5 Å². The van der Waals surface area contributed by atoms with Gasteiger partial charge in [0.2, 0.25) is 0 Å². The van der Waals surface area contributed by atoms with Crippen LogP contribution in [0, 0.1) is 0 Å². The van der Waals surface area contributed by atoms with Crippen LogP contribution in [0.25, 0.3) is 93.4 Å². The molecule has 0 aliphatic rings. The molecular weight excluding hydrogens is 520 g/mol. The smallest absolute Gasteiger partial charge is 0.143 e. The number of allylic oxidation sites excluding steroid dienone is 1. The van der Waals surface area contributed by atoms with Crippen molar-refractivity contribution >= 4 is 71.1 Å². The lowest BCUT2D eigenvalue weighted by atomic mass is 9.83. The van der Waals surface area contributed by atoms with Crippen LogP contribution in [0.5, 0.6) is 0 Å². The predicted molar refractivity (Wildman–Crippen MR) is 184 cm³/mol. The quantitative estimate of drug-likeness (QED) is 0.201. The fraction of sp³-hybridized carbons (Fsp3) is 0. The second-order valence-electron chi connectivity index (χ2n) is 11.2. The summed E-state index contributed by atoms with van der Waals surface area (Å²) in [6.07, 6.45) is 4.02. The average Bonchev–Trinajstić information content (AvgIpc) is 3.46. The van der Waals surface area contributed by atoms with Crippen LogP contribution >= 0.6 is 0 Å². The van der Waals surface area contributed by atoms with Crippen molar-refractivity contribution in [2.45, 2.75) is 0 Å². The highest BCUT2D eigenvalue weighted by Crippen LogP contribution is 2.46. The third-order valence-corrected chi connectivity index (χ3v) is 8.99. The van der Waals surface area contributed by atoms with E-state index in [1.807, 2.05) is 12.1 Å². The van der Waals surface area contributed by atoms with E-state index in [4.69, 9.17) is 4.42 Å². The molecule has 0 aliphatic heterocycles. The topological polar surface area (TPSA) is 13.1 Å². The van der Waals surface area contributed by atoms with Crippen LogP contribution in [0.3, 0.4) is 0 Å². The summed E-state index contributed by atoms with van der Waals surface area (Å²) >= 11 is 0. The zero-order chi connectivity index (χ0) is 28.5. The largest absolute Gasteiger partial charge is 0.455 e. The molecule has 0 radical (unpaired) electrons. The second-order valence-corrected chi connectivity index (χ2v) is 11.2. The molecule has 0 amide bonds. The first-order valence-electron chi connectivity index (χ1n) is 14.7. The molecule has 1 aromatic heterocycles. The van der Waals surface area contributed by atoms with E-state index in [-0.39, 0.29) is 0 Å². The Labute approximate surface area is 248 Å². The Hall–Kier alpha value is -5.66. The van der Waals surface area contributed by atoms with E-state index in [0.29, 0.717) is 0 Å². The normalized spacial score (nSPS) is 12.4. The second kappa shape index (κ2) is 9.17. The Kier molecular flexibility index (Phi) is 5.12. The third-order valence-electron chi connectivity index (χ3n) is 8.99. The molecule has 0 bridgehead atoms. The molecule has 43 heavy (non-hydrogen) atoms. The number of furan rings is 1. The lowest BCUT2D eigenvalue weighted by Gasteiger charge is -2.19. The standard InChI is InChI=1S/C42H26O/c1-2-13-27-33-24-25-34(32-21-12-22-36(40(32)33)42-41(27)35-20-10-11-23-37(35)43-42)39-30-18-8-6-16-28(30)38(26-14-4-3-5-15-26)29-17-7-9-19-31(29)39/h2-25H,1H2/b27-13+. The summed E-state index contributed by atoms with van der Waals surface area (Å²) in [4.78, 5) is 0. The number of hydrogen-bond acceptors (Lipinski definition) is 1. The summed E-state index contributed by atoms with van der Waals surface area (Å²) in [7, 11) is 0. The van der Waals surface area contributed by atoms with Gasteiger partial charge in [-0.3, -0.25) is 0 Å². The van der Waals surface area contributed by atoms with Crippen molar-refractivity contribution in [3.05, 3.63) is 151 Å². The fourth-order valence-corrected chi connectivity index (χ4v) is 7.30. The first-order chi connectivity index (χ1) is 21.3. The lowest BCUT2D eigenvalue weighted by molar-refractivity contribution is 0.672. The molecule has 0 aliphatic carbocycles. The molecule has 9 rings (SSSR count). The van der Waals surface area contributed by atoms with Crippen molar-refractivity contribution in [3.63, 3.8) is 0 Å². The Morgan fingerprint density at radius 1 is 0.442 bits per heavy atom. The number of hydrogen-bond donors (Lipinski definition) is 0. The summed E-state index contributed by atoms with van der Waals surface area (Å²) in [6.45, 7) is 4.07. The minimum absolute atomic E-state index is 0.904. The zero-order valence-electron chi connectivity index (χ0n) is 23.5. The van der Waals surface area contributed by atoms with Crippen LogP contribution in [-0.4, -0.2) is 0 Å². The molecule has 0 spiro atoms. The van der Waals surface area contributed by atoms with Crippen LogP contribution in [0.1, 0.15) is 0 Å². The summed E-state index contributed by atoms with van der Waals surface area (Å²) in [5, 5.41) is 13.2. The maximum Gasteiger partial charge on any atom is 0.143 e. The van der Waals surface area contributed by atoms with Gasteiger partial charge in [-0.2, -0.15) is 0 Å². The Morgan fingerprint density at radius 2 is 1.02 bits per heavy atom. The van der Waals surface area contributed by atoms with Crippen molar-refractivity contribution in [3.8, 4) is 22.3 Å². The molecule has 0 unspecified atom stereocenters. The zero-order valence-corrected chi connectivity index (χ0v) is 23.5. The average molecular weight is 547 g/mol. The van der Waals surface area contributed by atoms with Gasteiger partial charge in [-0.25, -0.2) is 0 Å². The molecule has 1 nitrogen and oxygen atoms in total. The molecule has 1 heterocycles. The maximum atomic E-state index is 6.59. The van der Waals surface area contributed by atoms with Gasteiger partial charge in [0.05, 0.1) is 0 Å². The van der Waals surface area contributed by atoms with Gasteiger partial charge >= 0.3 is 0 Å². The number of rotatable bonds is 3. The summed E-state index contributed by atoms with van der Waals surface area (Å²) < 4.78 is 6.59. The highest BCUT2D eigenvalue weighted by atomic mass is 16.3. The van der Waals surface area contributed by atoms with Crippen LogP contribution in [0.2, 0.25) is 0 Å². The van der Waals surface area contributed by atoms with E-state index in [2.05, 4.69) is 140 Å². The van der Waals surface area contributed by atoms with E-state index < -0.39 is 0 Å². The molecule has 0 fully saturated rings. The minimum atomic E-state index is 0.904. The molecule has 0 saturated carbocycles. The monoisotopic (exact) mass is 546 g/mol. The highest BCUT2D eigenvalue weighted by molar-refractivity contribution is 6.29. The SMILES string of the molecule is C=C/C=c1\c2ccc(-c3c4ccccc4c(-c4ccccc4)c4ccccc34)c3cccc(c4oc5ccccc5c14)c32. The maximum absolute atomic E-state index is 6.59. The van der Waals surface area contributed by atoms with Crippen molar-refractivity contribution in [1.82, 2.24) is 0 Å². The van der Waals surface area contributed by atoms with Crippen LogP contribution in [0.15, 0.2) is 151 Å². The third kappa shape index (κ3) is 3.34. The number of para-hydroxylation sites is 1. The van der Waals surface area contributed by atoms with Crippen molar-refractivity contribution in [1.29, 1.82) is 0 Å². The summed E-state index contributed by atoms with van der Waals surface area (Å²) in [5.74, 6) is 0. The Balaban J connectivity index is 1.49. The molecule has 0 N–H and O–H groups in total. The van der Waals surface area contributed by atoms with Gasteiger partial charge in [0.25, 0.3) is 0 Å². The van der Waals surface area contributed by atoms with E-state index in [1.165, 1.54) is 60.0 Å². The van der Waals surface area contributed by atoms with E-state index >= 15 is 0 Å². The first kappa shape index (κ1) is 24.0. The number of fused-ring (bicyclic) bond motifs is 6. The molecule has 8 aromatic carbocycles. The van der Waals surface area contributed by atoms with E-state index in [1.54, 1.807) is 0 Å². The lowest BCUT2D eigenvalue weighted by Crippen LogP contribution is -2.04. The molecule has 0 atom stereocenters. The Bertz CT molecular complexity index is 2560. The molecular formula is C42H26O. The fourth-order valence-electron chi connectivity index (χ4n) is 7.30. The first-order valence-corrected chi connectivity index (χ1v) is 14.7. The molecule has 9 aromatic rings. The van der Waals surface area contributed by atoms with Crippen molar-refractivity contribution in [2.24, 2.45) is 0 Å². The van der Waals surface area contributed by atoms with Gasteiger partial charge in [-0.1, -0.05) is 146 Å². The molecule has 0 saturated heterocycles. The van der Waals surface area contributed by atoms with Crippen molar-refractivity contribution < 1.29 is 4.42 Å². The van der Waals surface area contributed by atoms with E-state index in [0.717, 1.165) is 32.5 Å². The van der Waals surface area contributed by atoms with E-state index in [9.17, 15) is 0 Å². The molecule has 200 valence electrons.